The third-order valence-corrected chi connectivity index (χ3v) is 5.47. The highest BCUT2D eigenvalue weighted by molar-refractivity contribution is 8.13. The van der Waals surface area contributed by atoms with Gasteiger partial charge >= 0.3 is 0 Å². The van der Waals surface area contributed by atoms with E-state index in [0.717, 1.165) is 16.1 Å². The number of benzene rings is 2. The SMILES string of the molecule is O=C1NC(SCc2ccccc2)=NN2C1=c1ccccc1=N[C@H]2c1ccco1. The number of fused-ring (bicyclic) bond motifs is 2. The minimum absolute atomic E-state index is 0.190. The number of carbonyl (C=O) groups excluding carboxylic acids is 1. The van der Waals surface area contributed by atoms with Crippen molar-refractivity contribution in [3.8, 4) is 0 Å². The van der Waals surface area contributed by atoms with Gasteiger partial charge in [0, 0.05) is 11.0 Å². The number of amidine groups is 1. The average molecular weight is 388 g/mol. The standard InChI is InChI=1S/C21H16N4O2S/c26-20-18-15-9-4-5-10-16(15)22-19(17-11-6-12-27-17)25(18)24-21(23-20)28-13-14-7-2-1-3-8-14/h1-12,19H,13H2,(H,23,24,26)/t19-/m1/s1. The molecule has 0 saturated carbocycles. The molecule has 138 valence electrons. The van der Waals surface area contributed by atoms with E-state index in [-0.39, 0.29) is 5.91 Å². The molecule has 6 nitrogen and oxygen atoms in total. The van der Waals surface area contributed by atoms with Gasteiger partial charge in [0.1, 0.15) is 11.5 Å². The molecule has 28 heavy (non-hydrogen) atoms. The van der Waals surface area contributed by atoms with Crippen LogP contribution >= 0.6 is 11.8 Å². The summed E-state index contributed by atoms with van der Waals surface area (Å²) in [6.07, 6.45) is 1.09. The normalized spacial score (nSPS) is 17.9. The van der Waals surface area contributed by atoms with Crippen molar-refractivity contribution in [2.45, 2.75) is 11.9 Å². The van der Waals surface area contributed by atoms with Gasteiger partial charge in [0.15, 0.2) is 5.17 Å². The smallest absolute Gasteiger partial charge is 0.276 e. The second-order valence-electron chi connectivity index (χ2n) is 6.36. The van der Waals surface area contributed by atoms with E-state index in [4.69, 9.17) is 14.5 Å². The van der Waals surface area contributed by atoms with Crippen molar-refractivity contribution < 1.29 is 9.21 Å². The van der Waals surface area contributed by atoms with E-state index in [1.807, 2.05) is 66.7 Å². The summed E-state index contributed by atoms with van der Waals surface area (Å²) >= 11 is 1.48. The summed E-state index contributed by atoms with van der Waals surface area (Å²) in [7, 11) is 0. The lowest BCUT2D eigenvalue weighted by Gasteiger charge is -2.32. The first-order valence-corrected chi connectivity index (χ1v) is 9.85. The van der Waals surface area contributed by atoms with Crippen LogP contribution in [0.1, 0.15) is 17.5 Å². The highest BCUT2D eigenvalue weighted by Gasteiger charge is 2.35. The number of nitrogens with zero attached hydrogens (tertiary/aromatic N) is 3. The largest absolute Gasteiger partial charge is 0.465 e. The Morgan fingerprint density at radius 3 is 2.68 bits per heavy atom. The number of para-hydroxylation sites is 1. The topological polar surface area (TPSA) is 70.2 Å². The van der Waals surface area contributed by atoms with E-state index in [0.29, 0.717) is 22.4 Å². The van der Waals surface area contributed by atoms with Crippen LogP contribution in [-0.2, 0) is 10.5 Å². The molecule has 3 heterocycles. The van der Waals surface area contributed by atoms with E-state index in [2.05, 4.69) is 5.32 Å². The van der Waals surface area contributed by atoms with Crippen molar-refractivity contribution in [3.63, 3.8) is 0 Å². The quantitative estimate of drug-likeness (QED) is 0.748. The Morgan fingerprint density at radius 1 is 1.04 bits per heavy atom. The van der Waals surface area contributed by atoms with Crippen LogP contribution in [-0.4, -0.2) is 16.1 Å². The molecule has 1 N–H and O–H groups in total. The first-order valence-electron chi connectivity index (χ1n) is 8.86. The number of furan rings is 1. The molecule has 3 aromatic rings. The first-order chi connectivity index (χ1) is 13.8. The molecule has 7 heteroatoms. The van der Waals surface area contributed by atoms with Gasteiger partial charge in [-0.1, -0.05) is 60.3 Å². The summed E-state index contributed by atoms with van der Waals surface area (Å²) < 4.78 is 5.58. The number of hydrogen-bond donors (Lipinski definition) is 1. The molecule has 2 aliphatic heterocycles. The summed E-state index contributed by atoms with van der Waals surface area (Å²) in [6, 6.07) is 21.3. The molecule has 0 bridgehead atoms. The maximum absolute atomic E-state index is 13.0. The molecule has 5 rings (SSSR count). The highest BCUT2D eigenvalue weighted by atomic mass is 32.2. The Balaban J connectivity index is 1.56. The fraction of sp³-hybridized carbons (Fsp3) is 0.0952. The molecule has 1 atom stereocenters. The monoisotopic (exact) mass is 388 g/mol. The first kappa shape index (κ1) is 16.8. The van der Waals surface area contributed by atoms with E-state index in [1.165, 1.54) is 11.8 Å². The minimum atomic E-state index is -0.515. The molecule has 0 aliphatic carbocycles. The summed E-state index contributed by atoms with van der Waals surface area (Å²) in [5.41, 5.74) is 1.64. The highest BCUT2D eigenvalue weighted by Crippen LogP contribution is 2.31. The van der Waals surface area contributed by atoms with E-state index >= 15 is 0 Å². The lowest BCUT2D eigenvalue weighted by Crippen LogP contribution is -2.50. The number of hydrogen-bond acceptors (Lipinski definition) is 6. The second-order valence-corrected chi connectivity index (χ2v) is 7.33. The molecule has 0 unspecified atom stereocenters. The molecular formula is C21H16N4O2S. The fourth-order valence-electron chi connectivity index (χ4n) is 3.24. The zero-order valence-corrected chi connectivity index (χ0v) is 15.6. The minimum Gasteiger partial charge on any atom is -0.465 e. The van der Waals surface area contributed by atoms with Crippen LogP contribution in [0.4, 0.5) is 0 Å². The molecule has 1 amide bonds. The Labute approximate surface area is 165 Å². The molecule has 0 spiro atoms. The Hall–Kier alpha value is -3.32. The summed E-state index contributed by atoms with van der Waals surface area (Å²) in [5.74, 6) is 1.16. The van der Waals surface area contributed by atoms with E-state index in [9.17, 15) is 4.79 Å². The van der Waals surface area contributed by atoms with Crippen LogP contribution in [0.25, 0.3) is 5.70 Å². The van der Waals surface area contributed by atoms with Crippen molar-refractivity contribution in [3.05, 3.63) is 94.9 Å². The number of thioether (sulfide) groups is 1. The number of rotatable bonds is 3. The fourth-order valence-corrected chi connectivity index (χ4v) is 4.05. The summed E-state index contributed by atoms with van der Waals surface area (Å²) in [6.45, 7) is 0. The van der Waals surface area contributed by atoms with E-state index in [1.54, 1.807) is 11.3 Å². The lowest BCUT2D eigenvalue weighted by molar-refractivity contribution is -0.116. The third kappa shape index (κ3) is 2.99. The molecule has 0 fully saturated rings. The second kappa shape index (κ2) is 7.01. The van der Waals surface area contributed by atoms with E-state index < -0.39 is 6.17 Å². The molecule has 0 radical (unpaired) electrons. The van der Waals surface area contributed by atoms with Crippen molar-refractivity contribution in [1.82, 2.24) is 10.3 Å². The van der Waals surface area contributed by atoms with Gasteiger partial charge in [0.05, 0.1) is 11.6 Å². The Morgan fingerprint density at radius 2 is 1.86 bits per heavy atom. The predicted octanol–water partition coefficient (Wildman–Crippen LogP) is 2.36. The van der Waals surface area contributed by atoms with Gasteiger partial charge in [0.2, 0.25) is 6.17 Å². The number of carbonyl (C=O) groups is 1. The van der Waals surface area contributed by atoms with Gasteiger partial charge in [-0.05, 0) is 23.8 Å². The van der Waals surface area contributed by atoms with Crippen LogP contribution in [0.5, 0.6) is 0 Å². The summed E-state index contributed by atoms with van der Waals surface area (Å²) in [5, 5.41) is 11.3. The number of nitrogens with one attached hydrogen (secondary N) is 1. The molecular weight excluding hydrogens is 372 g/mol. The lowest BCUT2D eigenvalue weighted by atomic mass is 10.1. The Kier molecular flexibility index (Phi) is 4.21. The zero-order chi connectivity index (χ0) is 18.9. The van der Waals surface area contributed by atoms with Crippen molar-refractivity contribution in [2.24, 2.45) is 10.1 Å². The van der Waals surface area contributed by atoms with Gasteiger partial charge < -0.3 is 4.42 Å². The number of amides is 1. The maximum Gasteiger partial charge on any atom is 0.276 e. The van der Waals surface area contributed by atoms with Gasteiger partial charge in [-0.2, -0.15) is 0 Å². The molecule has 2 aliphatic rings. The molecule has 1 aromatic heterocycles. The maximum atomic E-state index is 13.0. The van der Waals surface area contributed by atoms with Crippen molar-refractivity contribution in [2.75, 3.05) is 0 Å². The van der Waals surface area contributed by atoms with Gasteiger partial charge in [-0.3, -0.25) is 10.1 Å². The van der Waals surface area contributed by atoms with Gasteiger partial charge in [0.25, 0.3) is 5.91 Å². The van der Waals surface area contributed by atoms with Crippen LogP contribution < -0.4 is 15.9 Å². The number of hydrazone groups is 1. The molecule has 0 saturated heterocycles. The van der Waals surface area contributed by atoms with Crippen molar-refractivity contribution >= 4 is 28.5 Å². The molecule has 2 aromatic carbocycles. The van der Waals surface area contributed by atoms with Crippen LogP contribution in [0.2, 0.25) is 0 Å². The van der Waals surface area contributed by atoms with Gasteiger partial charge in [-0.15, -0.1) is 5.10 Å². The third-order valence-electron chi connectivity index (χ3n) is 4.53. The predicted molar refractivity (Wildman–Crippen MR) is 107 cm³/mol. The Bertz CT molecular complexity index is 1170. The van der Waals surface area contributed by atoms with Crippen LogP contribution in [0.3, 0.4) is 0 Å². The van der Waals surface area contributed by atoms with Crippen molar-refractivity contribution in [1.29, 1.82) is 0 Å². The van der Waals surface area contributed by atoms with Crippen LogP contribution in [0.15, 0.2) is 87.5 Å². The zero-order valence-electron chi connectivity index (χ0n) is 14.8. The van der Waals surface area contributed by atoms with Gasteiger partial charge in [-0.25, -0.2) is 10.0 Å². The van der Waals surface area contributed by atoms with Crippen LogP contribution in [0, 0.1) is 0 Å². The summed E-state index contributed by atoms with van der Waals surface area (Å²) in [4.78, 5) is 17.7. The average Bonchev–Trinajstić information content (AvgIpc) is 3.27.